The number of amides is 1. The number of esters is 1. The van der Waals surface area contributed by atoms with E-state index in [9.17, 15) is 9.59 Å². The van der Waals surface area contributed by atoms with Crippen molar-refractivity contribution in [2.75, 3.05) is 19.0 Å². The molecule has 0 aliphatic carbocycles. The maximum absolute atomic E-state index is 12.4. The fourth-order valence-corrected chi connectivity index (χ4v) is 2.09. The van der Waals surface area contributed by atoms with Crippen LogP contribution < -0.4 is 0 Å². The Balaban J connectivity index is 5.42. The van der Waals surface area contributed by atoms with E-state index in [4.69, 9.17) is 21.1 Å². The lowest BCUT2D eigenvalue weighted by molar-refractivity contribution is -0.153. The van der Waals surface area contributed by atoms with Crippen LogP contribution in [0.1, 0.15) is 48.5 Å². The Morgan fingerprint density at radius 1 is 1.14 bits per heavy atom. The van der Waals surface area contributed by atoms with Gasteiger partial charge in [0.2, 0.25) is 0 Å². The topological polar surface area (TPSA) is 55.8 Å². The zero-order chi connectivity index (χ0) is 16.8. The molecule has 21 heavy (non-hydrogen) atoms. The summed E-state index contributed by atoms with van der Waals surface area (Å²) >= 11 is 5.79. The van der Waals surface area contributed by atoms with E-state index in [0.29, 0.717) is 0 Å². The van der Waals surface area contributed by atoms with Crippen LogP contribution in [-0.4, -0.2) is 47.6 Å². The molecule has 0 aliphatic heterocycles. The summed E-state index contributed by atoms with van der Waals surface area (Å²) in [6.07, 6.45) is -0.559. The average Bonchev–Trinajstić information content (AvgIpc) is 2.24. The van der Waals surface area contributed by atoms with Crippen molar-refractivity contribution in [3.05, 3.63) is 0 Å². The van der Waals surface area contributed by atoms with Crippen molar-refractivity contribution >= 4 is 23.7 Å². The fourth-order valence-electron chi connectivity index (χ4n) is 1.91. The minimum absolute atomic E-state index is 0.214. The molecule has 0 rings (SSSR count). The van der Waals surface area contributed by atoms with Crippen molar-refractivity contribution in [2.45, 2.75) is 60.1 Å². The number of alkyl halides is 1. The maximum Gasteiger partial charge on any atom is 0.411 e. The van der Waals surface area contributed by atoms with Crippen LogP contribution in [0.4, 0.5) is 4.79 Å². The van der Waals surface area contributed by atoms with Crippen molar-refractivity contribution in [1.82, 2.24) is 4.90 Å². The van der Waals surface area contributed by atoms with Gasteiger partial charge in [-0.15, -0.1) is 11.6 Å². The molecule has 0 bridgehead atoms. The average molecular weight is 322 g/mol. The first-order chi connectivity index (χ1) is 9.44. The van der Waals surface area contributed by atoms with Gasteiger partial charge < -0.3 is 9.47 Å². The molecule has 0 fully saturated rings. The van der Waals surface area contributed by atoms with E-state index in [1.54, 1.807) is 27.7 Å². The molecular formula is C15H28ClNO4. The minimum atomic E-state index is -0.744. The number of carbonyl (C=O) groups excluding carboxylic acids is 2. The molecule has 1 amide bonds. The summed E-state index contributed by atoms with van der Waals surface area (Å²) in [6, 6.07) is -0.744. The number of hydrogen-bond acceptors (Lipinski definition) is 4. The quantitative estimate of drug-likeness (QED) is 0.575. The summed E-state index contributed by atoms with van der Waals surface area (Å²) < 4.78 is 10.5. The number of ether oxygens (including phenoxy) is 2. The van der Waals surface area contributed by atoms with Crippen molar-refractivity contribution in [3.63, 3.8) is 0 Å². The first-order valence-electron chi connectivity index (χ1n) is 7.16. The Kier molecular flexibility index (Phi) is 7.51. The van der Waals surface area contributed by atoms with Gasteiger partial charge in [0.05, 0.1) is 6.61 Å². The zero-order valence-corrected chi connectivity index (χ0v) is 14.9. The summed E-state index contributed by atoms with van der Waals surface area (Å²) in [6.45, 7) is 13.2. The highest BCUT2D eigenvalue weighted by molar-refractivity contribution is 6.18. The van der Waals surface area contributed by atoms with Gasteiger partial charge in [-0.2, -0.15) is 0 Å². The van der Waals surface area contributed by atoms with Crippen LogP contribution in [-0.2, 0) is 14.3 Å². The molecule has 0 N–H and O–H groups in total. The van der Waals surface area contributed by atoms with Gasteiger partial charge in [-0.05, 0) is 33.1 Å². The van der Waals surface area contributed by atoms with Crippen LogP contribution in [0.5, 0.6) is 0 Å². The number of halogens is 1. The first-order valence-corrected chi connectivity index (χ1v) is 7.69. The summed E-state index contributed by atoms with van der Waals surface area (Å²) in [7, 11) is 0. The molecule has 0 saturated carbocycles. The molecule has 0 aromatic carbocycles. The summed E-state index contributed by atoms with van der Waals surface area (Å²) in [4.78, 5) is 26.0. The standard InChI is InChI=1S/C15H28ClNO4/c1-8-20-12(18)11(14(2,3)4)17(10-9-16)13(19)21-15(5,6)7/h11H,8-10H2,1-7H3/t11-/m1/s1. The Morgan fingerprint density at radius 3 is 2.00 bits per heavy atom. The number of carbonyl (C=O) groups is 2. The maximum atomic E-state index is 12.4. The molecule has 0 aliphatic rings. The fraction of sp³-hybridized carbons (Fsp3) is 0.867. The second kappa shape index (κ2) is 7.87. The van der Waals surface area contributed by atoms with Gasteiger partial charge in [-0.25, -0.2) is 9.59 Å². The monoisotopic (exact) mass is 321 g/mol. The van der Waals surface area contributed by atoms with Crippen molar-refractivity contribution < 1.29 is 19.1 Å². The van der Waals surface area contributed by atoms with Crippen LogP contribution in [0, 0.1) is 5.41 Å². The molecule has 124 valence electrons. The third-order valence-corrected chi connectivity index (χ3v) is 2.76. The molecule has 0 aromatic heterocycles. The molecule has 1 atom stereocenters. The Morgan fingerprint density at radius 2 is 1.67 bits per heavy atom. The molecule has 0 unspecified atom stereocenters. The van der Waals surface area contributed by atoms with E-state index in [1.165, 1.54) is 4.90 Å². The number of rotatable bonds is 5. The molecule has 0 spiro atoms. The van der Waals surface area contributed by atoms with Crippen LogP contribution >= 0.6 is 11.6 Å². The van der Waals surface area contributed by atoms with Gasteiger partial charge in [0.1, 0.15) is 11.6 Å². The molecule has 5 nitrogen and oxygen atoms in total. The van der Waals surface area contributed by atoms with Crippen molar-refractivity contribution in [1.29, 1.82) is 0 Å². The lowest BCUT2D eigenvalue weighted by Gasteiger charge is -2.38. The molecular weight excluding hydrogens is 294 g/mol. The van der Waals surface area contributed by atoms with Crippen LogP contribution in [0.3, 0.4) is 0 Å². The summed E-state index contributed by atoms with van der Waals surface area (Å²) in [5.74, 6) is -0.230. The summed E-state index contributed by atoms with van der Waals surface area (Å²) in [5.41, 5.74) is -1.13. The minimum Gasteiger partial charge on any atom is -0.464 e. The normalized spacial score (nSPS) is 13.5. The second-order valence-electron chi connectivity index (χ2n) is 6.88. The van der Waals surface area contributed by atoms with Crippen molar-refractivity contribution in [3.8, 4) is 0 Å². The van der Waals surface area contributed by atoms with E-state index in [2.05, 4.69) is 0 Å². The van der Waals surface area contributed by atoms with Gasteiger partial charge in [0.25, 0.3) is 0 Å². The molecule has 0 aromatic rings. The van der Waals surface area contributed by atoms with Crippen LogP contribution in [0.25, 0.3) is 0 Å². The molecule has 0 radical (unpaired) electrons. The van der Waals surface area contributed by atoms with E-state index in [0.717, 1.165) is 0 Å². The second-order valence-corrected chi connectivity index (χ2v) is 7.26. The lowest BCUT2D eigenvalue weighted by Crippen LogP contribution is -2.54. The smallest absolute Gasteiger partial charge is 0.411 e. The molecule has 0 saturated heterocycles. The van der Waals surface area contributed by atoms with Gasteiger partial charge in [0, 0.05) is 12.4 Å². The van der Waals surface area contributed by atoms with E-state index >= 15 is 0 Å². The predicted octanol–water partition coefficient (Wildman–Crippen LogP) is 3.44. The Bertz CT molecular complexity index is 358. The van der Waals surface area contributed by atoms with E-state index < -0.39 is 29.1 Å². The van der Waals surface area contributed by atoms with E-state index in [1.807, 2.05) is 20.8 Å². The van der Waals surface area contributed by atoms with E-state index in [-0.39, 0.29) is 19.0 Å². The SMILES string of the molecule is CCOC(=O)[C@@H](N(CCCl)C(=O)OC(C)(C)C)C(C)(C)C. The summed E-state index contributed by atoms with van der Waals surface area (Å²) in [5, 5.41) is 0. The molecule has 6 heteroatoms. The van der Waals surface area contributed by atoms with Crippen LogP contribution in [0.2, 0.25) is 0 Å². The van der Waals surface area contributed by atoms with Gasteiger partial charge in [-0.3, -0.25) is 4.90 Å². The largest absolute Gasteiger partial charge is 0.464 e. The number of nitrogens with zero attached hydrogens (tertiary/aromatic N) is 1. The van der Waals surface area contributed by atoms with Gasteiger partial charge >= 0.3 is 12.1 Å². The molecule has 0 heterocycles. The highest BCUT2D eigenvalue weighted by Crippen LogP contribution is 2.27. The Hall–Kier alpha value is -0.970. The predicted molar refractivity (Wildman–Crippen MR) is 83.5 cm³/mol. The highest BCUT2D eigenvalue weighted by Gasteiger charge is 2.41. The Labute approximate surface area is 132 Å². The third kappa shape index (κ3) is 7.02. The lowest BCUT2D eigenvalue weighted by atomic mass is 9.85. The van der Waals surface area contributed by atoms with Crippen LogP contribution in [0.15, 0.2) is 0 Å². The third-order valence-electron chi connectivity index (χ3n) is 2.60. The highest BCUT2D eigenvalue weighted by atomic mass is 35.5. The van der Waals surface area contributed by atoms with Gasteiger partial charge in [-0.1, -0.05) is 20.8 Å². The number of hydrogen-bond donors (Lipinski definition) is 0. The zero-order valence-electron chi connectivity index (χ0n) is 14.2. The first kappa shape index (κ1) is 20.0. The van der Waals surface area contributed by atoms with Gasteiger partial charge in [0.15, 0.2) is 0 Å². The van der Waals surface area contributed by atoms with Crippen molar-refractivity contribution in [2.24, 2.45) is 5.41 Å².